The Hall–Kier alpha value is -1.59. The molecule has 0 bridgehead atoms. The number of nitrogens with one attached hydrogen (secondary N) is 1. The van der Waals surface area contributed by atoms with E-state index in [1.807, 2.05) is 31.2 Å². The molecular weight excluding hydrogens is 364 g/mol. The molecule has 2 fully saturated rings. The third-order valence-corrected chi connectivity index (χ3v) is 6.45. The summed E-state index contributed by atoms with van der Waals surface area (Å²) >= 11 is 0. The molecule has 5 heteroatoms. The number of ether oxygens (including phenoxy) is 2. The maximum atomic E-state index is 13.0. The van der Waals surface area contributed by atoms with E-state index in [1.54, 1.807) is 0 Å². The zero-order valence-corrected chi connectivity index (χ0v) is 18.4. The maximum Gasteiger partial charge on any atom is 0.256 e. The van der Waals surface area contributed by atoms with Crippen molar-refractivity contribution in [1.29, 1.82) is 0 Å². The molecule has 1 heterocycles. The summed E-state index contributed by atoms with van der Waals surface area (Å²) in [5.41, 5.74) is 0.118. The fourth-order valence-corrected chi connectivity index (χ4v) is 4.60. The lowest BCUT2D eigenvalue weighted by Crippen LogP contribution is -2.48. The highest BCUT2D eigenvalue weighted by Gasteiger charge is 2.41. The van der Waals surface area contributed by atoms with Crippen molar-refractivity contribution in [3.8, 4) is 5.75 Å². The highest BCUT2D eigenvalue weighted by atomic mass is 16.5. The summed E-state index contributed by atoms with van der Waals surface area (Å²) in [6.45, 7) is 11.1. The van der Waals surface area contributed by atoms with Crippen molar-refractivity contribution >= 4 is 11.6 Å². The van der Waals surface area contributed by atoms with Crippen molar-refractivity contribution in [2.45, 2.75) is 64.9 Å². The number of carbonyl (C=O) groups excluding carboxylic acids is 1. The topological polar surface area (TPSA) is 50.8 Å². The Kier molecular flexibility index (Phi) is 7.96. The first-order chi connectivity index (χ1) is 14.0. The first kappa shape index (κ1) is 22.1. The molecule has 1 aliphatic carbocycles. The van der Waals surface area contributed by atoms with Gasteiger partial charge in [0.1, 0.15) is 18.0 Å². The fourth-order valence-electron chi connectivity index (χ4n) is 4.60. The van der Waals surface area contributed by atoms with Crippen molar-refractivity contribution in [3.63, 3.8) is 0 Å². The number of anilines is 1. The van der Waals surface area contributed by atoms with Crippen LogP contribution in [0, 0.1) is 11.8 Å². The molecule has 0 aromatic heterocycles. The van der Waals surface area contributed by atoms with Crippen LogP contribution in [0.5, 0.6) is 5.75 Å². The van der Waals surface area contributed by atoms with Crippen molar-refractivity contribution in [1.82, 2.24) is 4.90 Å². The van der Waals surface area contributed by atoms with Crippen LogP contribution >= 0.6 is 0 Å². The molecule has 162 valence electrons. The second-order valence-electron chi connectivity index (χ2n) is 8.98. The van der Waals surface area contributed by atoms with Gasteiger partial charge in [0, 0.05) is 25.4 Å². The Balaban J connectivity index is 1.48. The minimum absolute atomic E-state index is 0.0147. The molecule has 2 aliphatic rings. The predicted molar refractivity (Wildman–Crippen MR) is 117 cm³/mol. The van der Waals surface area contributed by atoms with Crippen LogP contribution in [0.2, 0.25) is 0 Å². The maximum absolute atomic E-state index is 13.0. The third-order valence-electron chi connectivity index (χ3n) is 6.45. The van der Waals surface area contributed by atoms with E-state index in [0.29, 0.717) is 19.1 Å². The SMILES string of the molecule is CCOC1(C(=O)Nc2ccc(OCCN3CCC[C@@H](C)C3)cc2)CCC(C)CC1. The molecule has 3 rings (SSSR count). The Bertz CT molecular complexity index is 638. The number of likely N-dealkylation sites (tertiary alicyclic amines) is 1. The number of nitrogens with zero attached hydrogens (tertiary/aromatic N) is 1. The molecule has 1 amide bonds. The number of hydrogen-bond donors (Lipinski definition) is 1. The number of hydrogen-bond acceptors (Lipinski definition) is 4. The van der Waals surface area contributed by atoms with Gasteiger partial charge >= 0.3 is 0 Å². The number of rotatable bonds is 8. The first-order valence-corrected chi connectivity index (χ1v) is 11.4. The van der Waals surface area contributed by atoms with Crippen LogP contribution < -0.4 is 10.1 Å². The number of carbonyl (C=O) groups is 1. The third kappa shape index (κ3) is 6.19. The zero-order valence-electron chi connectivity index (χ0n) is 18.4. The average Bonchev–Trinajstić information content (AvgIpc) is 2.71. The standard InChI is InChI=1S/C24H38N2O3/c1-4-29-24(13-11-19(2)12-14-24)23(27)25-21-7-9-22(10-8-21)28-17-16-26-15-5-6-20(3)18-26/h7-10,19-20H,4-6,11-18H2,1-3H3,(H,25,27)/t19?,20-,24?/m1/s1. The van der Waals surface area contributed by atoms with Gasteiger partial charge in [0.2, 0.25) is 0 Å². The van der Waals surface area contributed by atoms with Crippen LogP contribution in [0.1, 0.15) is 59.3 Å². The van der Waals surface area contributed by atoms with Gasteiger partial charge in [0.05, 0.1) is 0 Å². The van der Waals surface area contributed by atoms with Crippen LogP contribution in [-0.2, 0) is 9.53 Å². The van der Waals surface area contributed by atoms with E-state index < -0.39 is 5.60 Å². The quantitative estimate of drug-likeness (QED) is 0.683. The lowest BCUT2D eigenvalue weighted by molar-refractivity contribution is -0.146. The normalized spacial score (nSPS) is 28.1. The molecule has 1 aromatic carbocycles. The Morgan fingerprint density at radius 1 is 1.14 bits per heavy atom. The minimum Gasteiger partial charge on any atom is -0.492 e. The highest BCUT2D eigenvalue weighted by molar-refractivity contribution is 5.97. The van der Waals surface area contributed by atoms with Gasteiger partial charge in [-0.15, -0.1) is 0 Å². The summed E-state index contributed by atoms with van der Waals surface area (Å²) in [6, 6.07) is 7.71. The Morgan fingerprint density at radius 3 is 2.52 bits per heavy atom. The fraction of sp³-hybridized carbons (Fsp3) is 0.708. The van der Waals surface area contributed by atoms with E-state index in [0.717, 1.165) is 49.6 Å². The largest absolute Gasteiger partial charge is 0.492 e. The van der Waals surface area contributed by atoms with E-state index in [9.17, 15) is 4.79 Å². The Labute approximate surface area is 176 Å². The van der Waals surface area contributed by atoms with Gasteiger partial charge in [-0.3, -0.25) is 9.69 Å². The Morgan fingerprint density at radius 2 is 1.86 bits per heavy atom. The van der Waals surface area contributed by atoms with E-state index in [2.05, 4.69) is 24.1 Å². The van der Waals surface area contributed by atoms with Crippen LogP contribution in [0.15, 0.2) is 24.3 Å². The molecule has 5 nitrogen and oxygen atoms in total. The molecule has 1 aliphatic heterocycles. The van der Waals surface area contributed by atoms with Crippen molar-refractivity contribution in [2.24, 2.45) is 11.8 Å². The highest BCUT2D eigenvalue weighted by Crippen LogP contribution is 2.36. The lowest BCUT2D eigenvalue weighted by atomic mass is 9.78. The predicted octanol–water partition coefficient (Wildman–Crippen LogP) is 4.72. The van der Waals surface area contributed by atoms with Gasteiger partial charge in [0.25, 0.3) is 5.91 Å². The zero-order chi connectivity index (χ0) is 20.7. The van der Waals surface area contributed by atoms with E-state index in [4.69, 9.17) is 9.47 Å². The van der Waals surface area contributed by atoms with Crippen molar-refractivity contribution in [2.75, 3.05) is 38.2 Å². The molecule has 1 saturated heterocycles. The monoisotopic (exact) mass is 402 g/mol. The summed E-state index contributed by atoms with van der Waals surface area (Å²) in [5, 5.41) is 3.06. The number of amides is 1. The van der Waals surface area contributed by atoms with Gasteiger partial charge in [-0.2, -0.15) is 0 Å². The van der Waals surface area contributed by atoms with Gasteiger partial charge in [0.15, 0.2) is 0 Å². The molecule has 1 N–H and O–H groups in total. The minimum atomic E-state index is -0.679. The van der Waals surface area contributed by atoms with Gasteiger partial charge in [-0.25, -0.2) is 0 Å². The first-order valence-electron chi connectivity index (χ1n) is 11.4. The van der Waals surface area contributed by atoms with Crippen molar-refractivity contribution in [3.05, 3.63) is 24.3 Å². The van der Waals surface area contributed by atoms with Gasteiger partial charge < -0.3 is 14.8 Å². The van der Waals surface area contributed by atoms with Gasteiger partial charge in [-0.05, 0) is 88.1 Å². The second kappa shape index (κ2) is 10.4. The molecule has 29 heavy (non-hydrogen) atoms. The van der Waals surface area contributed by atoms with Crippen LogP contribution in [0.3, 0.4) is 0 Å². The molecule has 0 radical (unpaired) electrons. The van der Waals surface area contributed by atoms with E-state index in [-0.39, 0.29) is 5.91 Å². The molecule has 1 aromatic rings. The summed E-state index contributed by atoms with van der Waals surface area (Å²) in [7, 11) is 0. The van der Waals surface area contributed by atoms with E-state index in [1.165, 1.54) is 25.9 Å². The van der Waals surface area contributed by atoms with Crippen LogP contribution in [0.25, 0.3) is 0 Å². The molecular formula is C24H38N2O3. The second-order valence-corrected chi connectivity index (χ2v) is 8.98. The average molecular weight is 403 g/mol. The number of piperidine rings is 1. The molecule has 1 saturated carbocycles. The molecule has 0 spiro atoms. The van der Waals surface area contributed by atoms with Crippen molar-refractivity contribution < 1.29 is 14.3 Å². The van der Waals surface area contributed by atoms with Gasteiger partial charge in [-0.1, -0.05) is 13.8 Å². The van der Waals surface area contributed by atoms with Crippen LogP contribution in [-0.4, -0.2) is 49.3 Å². The summed E-state index contributed by atoms with van der Waals surface area (Å²) in [4.78, 5) is 15.5. The number of benzene rings is 1. The summed E-state index contributed by atoms with van der Waals surface area (Å²) in [5.74, 6) is 2.29. The molecule has 1 atom stereocenters. The molecule has 0 unspecified atom stereocenters. The summed E-state index contributed by atoms with van der Waals surface area (Å²) < 4.78 is 11.9. The summed E-state index contributed by atoms with van der Waals surface area (Å²) in [6.07, 6.45) is 6.30. The van der Waals surface area contributed by atoms with Crippen LogP contribution in [0.4, 0.5) is 5.69 Å². The lowest BCUT2D eigenvalue weighted by Gasteiger charge is -2.37. The smallest absolute Gasteiger partial charge is 0.256 e. The van der Waals surface area contributed by atoms with E-state index >= 15 is 0 Å².